The Labute approximate surface area is 155 Å². The van der Waals surface area contributed by atoms with Crippen LogP contribution in [0, 0.1) is 40.4 Å². The van der Waals surface area contributed by atoms with Crippen molar-refractivity contribution in [2.45, 2.75) is 70.5 Å². The van der Waals surface area contributed by atoms with Crippen molar-refractivity contribution in [1.82, 2.24) is 0 Å². The van der Waals surface area contributed by atoms with Gasteiger partial charge in [-0.3, -0.25) is 4.79 Å². The van der Waals surface area contributed by atoms with E-state index in [9.17, 15) is 25.2 Å². The Balaban J connectivity index is 1.68. The number of carbonyl (C=O) groups is 1. The van der Waals surface area contributed by atoms with Gasteiger partial charge in [-0.25, -0.2) is 0 Å². The molecule has 0 unspecified atom stereocenters. The molecule has 0 aromatic heterocycles. The number of rotatable bonds is 3. The van der Waals surface area contributed by atoms with Crippen LogP contribution in [0.15, 0.2) is 0 Å². The summed E-state index contributed by atoms with van der Waals surface area (Å²) in [6.07, 6.45) is 6.06. The lowest BCUT2D eigenvalue weighted by atomic mass is 9.43. The van der Waals surface area contributed by atoms with Crippen LogP contribution in [0.3, 0.4) is 0 Å². The second-order valence-corrected chi connectivity index (χ2v) is 9.92. The second-order valence-electron chi connectivity index (χ2n) is 9.92. The van der Waals surface area contributed by atoms with E-state index >= 15 is 0 Å². The first-order valence-electron chi connectivity index (χ1n) is 10.5. The van der Waals surface area contributed by atoms with Crippen LogP contribution in [-0.2, 0) is 4.79 Å². The standard InChI is InChI=1S/C21H34O5/c1-20-7-6-13(24)8-12(20)2-3-14-15-4-5-16(18(26)10-22)21(15,11-23)9-17(25)19(14)20/h12-17,19,22-25H,2-11H2,1H3/t12-,13-,14+,15+,16-,17+,19-,20+,21-/m1/s1. The van der Waals surface area contributed by atoms with Gasteiger partial charge in [-0.05, 0) is 80.5 Å². The third-order valence-corrected chi connectivity index (χ3v) is 9.13. The summed E-state index contributed by atoms with van der Waals surface area (Å²) < 4.78 is 0. The quantitative estimate of drug-likeness (QED) is 0.607. The lowest BCUT2D eigenvalue weighted by Gasteiger charge is -2.62. The zero-order valence-corrected chi connectivity index (χ0v) is 15.8. The number of hydrogen-bond donors (Lipinski definition) is 4. The van der Waals surface area contributed by atoms with Crippen LogP contribution < -0.4 is 0 Å². The molecule has 5 nitrogen and oxygen atoms in total. The number of aliphatic hydroxyl groups is 4. The molecule has 0 saturated heterocycles. The zero-order valence-electron chi connectivity index (χ0n) is 15.8. The highest BCUT2D eigenvalue weighted by atomic mass is 16.3. The molecule has 4 aliphatic rings. The highest BCUT2D eigenvalue weighted by molar-refractivity contribution is 5.83. The summed E-state index contributed by atoms with van der Waals surface area (Å²) in [4.78, 5) is 12.4. The van der Waals surface area contributed by atoms with Crippen LogP contribution in [0.4, 0.5) is 0 Å². The number of aliphatic hydroxyl groups excluding tert-OH is 4. The van der Waals surface area contributed by atoms with Gasteiger partial charge in [0.2, 0.25) is 0 Å². The Morgan fingerprint density at radius 1 is 1.08 bits per heavy atom. The van der Waals surface area contributed by atoms with Crippen molar-refractivity contribution in [2.24, 2.45) is 40.4 Å². The molecule has 9 atom stereocenters. The van der Waals surface area contributed by atoms with E-state index in [-0.39, 0.29) is 41.7 Å². The van der Waals surface area contributed by atoms with E-state index < -0.39 is 18.1 Å². The maximum Gasteiger partial charge on any atom is 0.161 e. The first-order chi connectivity index (χ1) is 12.4. The van der Waals surface area contributed by atoms with Crippen molar-refractivity contribution in [3.05, 3.63) is 0 Å². The van der Waals surface area contributed by atoms with Gasteiger partial charge in [-0.1, -0.05) is 6.92 Å². The van der Waals surface area contributed by atoms with Crippen LogP contribution in [-0.4, -0.2) is 51.6 Å². The second kappa shape index (κ2) is 6.54. The number of carbonyl (C=O) groups excluding carboxylic acids is 1. The van der Waals surface area contributed by atoms with Crippen LogP contribution in [0.5, 0.6) is 0 Å². The van der Waals surface area contributed by atoms with Gasteiger partial charge in [-0.15, -0.1) is 0 Å². The molecule has 4 rings (SSSR count). The van der Waals surface area contributed by atoms with Gasteiger partial charge < -0.3 is 20.4 Å². The minimum atomic E-state index is -0.558. The Bertz CT molecular complexity index is 565. The first kappa shape index (κ1) is 18.9. The van der Waals surface area contributed by atoms with Crippen molar-refractivity contribution >= 4 is 5.78 Å². The maximum absolute atomic E-state index is 12.4. The van der Waals surface area contributed by atoms with Gasteiger partial charge in [0, 0.05) is 17.9 Å². The van der Waals surface area contributed by atoms with Gasteiger partial charge in [0.05, 0.1) is 12.2 Å². The Hall–Kier alpha value is -0.490. The van der Waals surface area contributed by atoms with E-state index in [0.29, 0.717) is 18.3 Å². The highest BCUT2D eigenvalue weighted by Gasteiger charge is 2.65. The topological polar surface area (TPSA) is 98.0 Å². The number of hydrogen-bond acceptors (Lipinski definition) is 5. The first-order valence-corrected chi connectivity index (χ1v) is 10.5. The number of ketones is 1. The molecule has 0 spiro atoms. The summed E-state index contributed by atoms with van der Waals surface area (Å²) in [7, 11) is 0. The summed E-state index contributed by atoms with van der Waals surface area (Å²) in [5, 5.41) is 41.1. The van der Waals surface area contributed by atoms with Crippen LogP contribution in [0.1, 0.15) is 58.3 Å². The van der Waals surface area contributed by atoms with E-state index in [1.807, 2.05) is 0 Å². The molecule has 0 aromatic carbocycles. The molecule has 148 valence electrons. The largest absolute Gasteiger partial charge is 0.396 e. The summed E-state index contributed by atoms with van der Waals surface area (Å²) in [5.41, 5.74) is -0.514. The Morgan fingerprint density at radius 3 is 2.54 bits per heavy atom. The van der Waals surface area contributed by atoms with E-state index in [4.69, 9.17) is 0 Å². The number of Topliss-reactive ketones (excluding diaryl/α,β-unsaturated/α-hetero) is 1. The van der Waals surface area contributed by atoms with Crippen LogP contribution >= 0.6 is 0 Å². The number of fused-ring (bicyclic) bond motifs is 5. The van der Waals surface area contributed by atoms with Gasteiger partial charge >= 0.3 is 0 Å². The molecule has 0 aliphatic heterocycles. The molecule has 0 bridgehead atoms. The minimum Gasteiger partial charge on any atom is -0.396 e. The lowest BCUT2D eigenvalue weighted by Crippen LogP contribution is -2.61. The van der Waals surface area contributed by atoms with E-state index in [2.05, 4.69) is 6.92 Å². The molecule has 26 heavy (non-hydrogen) atoms. The highest BCUT2D eigenvalue weighted by Crippen LogP contribution is 2.67. The SMILES string of the molecule is C[C@]12CC[C@@H](O)C[C@H]1CC[C@@H]1[C@@H]2[C@@H](O)C[C@]2(CO)[C@@H](C(=O)CO)CC[C@@H]12. The average molecular weight is 366 g/mol. The molecule has 5 heteroatoms. The average Bonchev–Trinajstić information content (AvgIpc) is 3.00. The molecule has 4 saturated carbocycles. The Kier molecular flexibility index (Phi) is 4.74. The molecule has 0 radical (unpaired) electrons. The van der Waals surface area contributed by atoms with Crippen molar-refractivity contribution < 1.29 is 25.2 Å². The van der Waals surface area contributed by atoms with Crippen molar-refractivity contribution in [2.75, 3.05) is 13.2 Å². The summed E-state index contributed by atoms with van der Waals surface area (Å²) in [6.45, 7) is 1.76. The van der Waals surface area contributed by atoms with E-state index in [1.54, 1.807) is 0 Å². The molecule has 4 aliphatic carbocycles. The summed E-state index contributed by atoms with van der Waals surface area (Å²) in [6, 6.07) is 0. The monoisotopic (exact) mass is 366 g/mol. The van der Waals surface area contributed by atoms with Gasteiger partial charge in [0.25, 0.3) is 0 Å². The molecule has 4 N–H and O–H groups in total. The van der Waals surface area contributed by atoms with E-state index in [1.165, 1.54) is 0 Å². The third-order valence-electron chi connectivity index (χ3n) is 9.13. The Morgan fingerprint density at radius 2 is 1.85 bits per heavy atom. The summed E-state index contributed by atoms with van der Waals surface area (Å²) >= 11 is 0. The minimum absolute atomic E-state index is 0.0439. The lowest BCUT2D eigenvalue weighted by molar-refractivity contribution is -0.189. The zero-order chi connectivity index (χ0) is 18.7. The molecular formula is C21H34O5. The predicted molar refractivity (Wildman–Crippen MR) is 96.1 cm³/mol. The molecule has 0 amide bonds. The summed E-state index contributed by atoms with van der Waals surface area (Å²) in [5.74, 6) is 0.746. The smallest absolute Gasteiger partial charge is 0.161 e. The van der Waals surface area contributed by atoms with Crippen molar-refractivity contribution in [3.8, 4) is 0 Å². The van der Waals surface area contributed by atoms with Gasteiger partial charge in [0.1, 0.15) is 6.61 Å². The van der Waals surface area contributed by atoms with Gasteiger partial charge in [-0.2, -0.15) is 0 Å². The molecule has 0 aromatic rings. The molecule has 0 heterocycles. The van der Waals surface area contributed by atoms with Crippen molar-refractivity contribution in [1.29, 1.82) is 0 Å². The third kappa shape index (κ3) is 2.47. The fourth-order valence-corrected chi connectivity index (χ4v) is 8.04. The predicted octanol–water partition coefficient (Wildman–Crippen LogP) is 1.51. The van der Waals surface area contributed by atoms with Crippen LogP contribution in [0.25, 0.3) is 0 Å². The van der Waals surface area contributed by atoms with Crippen molar-refractivity contribution in [3.63, 3.8) is 0 Å². The maximum atomic E-state index is 12.4. The fraction of sp³-hybridized carbons (Fsp3) is 0.952. The normalized spacial score (nSPS) is 53.5. The van der Waals surface area contributed by atoms with Crippen LogP contribution in [0.2, 0.25) is 0 Å². The van der Waals surface area contributed by atoms with E-state index in [0.717, 1.165) is 44.9 Å². The molecule has 4 fully saturated rings. The fourth-order valence-electron chi connectivity index (χ4n) is 8.04. The molecular weight excluding hydrogens is 332 g/mol. The van der Waals surface area contributed by atoms with Gasteiger partial charge in [0.15, 0.2) is 5.78 Å².